The lowest BCUT2D eigenvalue weighted by Crippen LogP contribution is -2.35. The topological polar surface area (TPSA) is 125 Å². The van der Waals surface area contributed by atoms with E-state index in [1.165, 1.54) is 23.6 Å². The summed E-state index contributed by atoms with van der Waals surface area (Å²) >= 11 is 6.48. The molecule has 3 aromatic rings. The number of benzene rings is 2. The lowest BCUT2D eigenvalue weighted by molar-refractivity contribution is 0.0340. The normalized spacial score (nSPS) is 25.1. The fraction of sp³-hybridized carbons (Fsp3) is 0.500. The van der Waals surface area contributed by atoms with E-state index in [2.05, 4.69) is 58.3 Å². The number of ether oxygens (including phenoxy) is 3. The molecule has 5 rings (SSSR count). The molecule has 0 aliphatic carbocycles. The van der Waals surface area contributed by atoms with Crippen molar-refractivity contribution in [3.8, 4) is 11.6 Å². The Morgan fingerprint density at radius 1 is 1.15 bits per heavy atom. The van der Waals surface area contributed by atoms with Gasteiger partial charge in [0.05, 0.1) is 35.2 Å². The Kier molecular flexibility index (Phi) is 13.9. The Morgan fingerprint density at radius 2 is 1.96 bits per heavy atom. The van der Waals surface area contributed by atoms with Crippen LogP contribution in [0.25, 0.3) is 0 Å². The van der Waals surface area contributed by atoms with Crippen LogP contribution in [0, 0.1) is 17.8 Å². The van der Waals surface area contributed by atoms with Gasteiger partial charge in [-0.2, -0.15) is 4.36 Å². The molecule has 0 radical (unpaired) electrons. The summed E-state index contributed by atoms with van der Waals surface area (Å²) in [6, 6.07) is 11.3. The highest BCUT2D eigenvalue weighted by Gasteiger charge is 2.27. The molecule has 53 heavy (non-hydrogen) atoms. The van der Waals surface area contributed by atoms with Crippen molar-refractivity contribution in [2.75, 3.05) is 37.5 Å². The molecule has 11 nitrogen and oxygen atoms in total. The summed E-state index contributed by atoms with van der Waals surface area (Å²) in [5.74, 6) is -0.449. The molecule has 0 spiro atoms. The fourth-order valence-corrected chi connectivity index (χ4v) is 8.71. The Bertz CT molecular complexity index is 1950. The smallest absolute Gasteiger partial charge is 0.285 e. The number of halogens is 1. The Hall–Kier alpha value is -4.00. The second-order valence-electron chi connectivity index (χ2n) is 14.2. The Balaban J connectivity index is 1.64. The first-order valence-electron chi connectivity index (χ1n) is 18.4. The van der Waals surface area contributed by atoms with Crippen LogP contribution in [0.1, 0.15) is 85.2 Å². The van der Waals surface area contributed by atoms with E-state index in [-0.39, 0.29) is 46.6 Å². The monoisotopic (exact) mass is 765 g/mol. The van der Waals surface area contributed by atoms with Crippen LogP contribution in [0.15, 0.2) is 64.1 Å². The van der Waals surface area contributed by atoms with Crippen LogP contribution in [0.4, 0.5) is 5.69 Å². The SMILES string of the molecule is CCCO[C@H]1/C=C/C[C@H](C)CS(=O)(/C=N\C(=O)c2cn(C)nc2OC)=NC(=O)c2ccc3c(c2)N(Cc2ccc(Cl)cc2CCCCO3)C[C@H](C)[C@H]1C. The minimum Gasteiger partial charge on any atom is -0.491 e. The minimum absolute atomic E-state index is 0.00992. The number of fused-ring (bicyclic) bond motifs is 2. The molecule has 0 saturated carbocycles. The number of aromatic nitrogens is 2. The number of carbonyl (C=O) groups is 2. The van der Waals surface area contributed by atoms with E-state index in [9.17, 15) is 13.8 Å². The molecule has 2 aliphatic heterocycles. The zero-order valence-electron chi connectivity index (χ0n) is 31.6. The van der Waals surface area contributed by atoms with Crippen molar-refractivity contribution in [2.45, 2.75) is 72.4 Å². The van der Waals surface area contributed by atoms with Crippen molar-refractivity contribution in [3.63, 3.8) is 0 Å². The van der Waals surface area contributed by atoms with E-state index in [1.807, 2.05) is 19.1 Å². The van der Waals surface area contributed by atoms with E-state index in [1.54, 1.807) is 25.2 Å². The molecule has 1 unspecified atom stereocenters. The summed E-state index contributed by atoms with van der Waals surface area (Å²) in [4.78, 5) is 33.5. The van der Waals surface area contributed by atoms with Gasteiger partial charge in [-0.1, -0.05) is 57.5 Å². The van der Waals surface area contributed by atoms with Crippen molar-refractivity contribution in [1.82, 2.24) is 9.78 Å². The quantitative estimate of drug-likeness (QED) is 0.141. The average Bonchev–Trinajstić information content (AvgIpc) is 3.51. The number of aliphatic imine (C=N–C) groups is 1. The fourth-order valence-electron chi connectivity index (χ4n) is 6.71. The number of hydrogen-bond donors (Lipinski definition) is 0. The number of hydrogen-bond acceptors (Lipinski definition) is 8. The highest BCUT2D eigenvalue weighted by molar-refractivity contribution is 8.06. The lowest BCUT2D eigenvalue weighted by Gasteiger charge is -2.34. The van der Waals surface area contributed by atoms with Gasteiger partial charge in [-0.25, -0.2) is 9.20 Å². The first kappa shape index (κ1) is 40.2. The van der Waals surface area contributed by atoms with E-state index in [0.29, 0.717) is 43.5 Å². The van der Waals surface area contributed by atoms with E-state index in [0.717, 1.165) is 42.5 Å². The second-order valence-corrected chi connectivity index (χ2v) is 16.8. The molecule has 2 aliphatic rings. The zero-order valence-corrected chi connectivity index (χ0v) is 33.2. The molecule has 2 amide bonds. The van der Waals surface area contributed by atoms with Gasteiger partial charge >= 0.3 is 0 Å². The molecule has 286 valence electrons. The molecule has 0 fully saturated rings. The van der Waals surface area contributed by atoms with Gasteiger partial charge in [0, 0.05) is 49.3 Å². The van der Waals surface area contributed by atoms with Gasteiger partial charge in [-0.15, -0.1) is 5.10 Å². The Morgan fingerprint density at radius 3 is 2.74 bits per heavy atom. The summed E-state index contributed by atoms with van der Waals surface area (Å²) in [5, 5.41) is 4.82. The van der Waals surface area contributed by atoms with Gasteiger partial charge in [0.25, 0.3) is 11.8 Å². The minimum atomic E-state index is -3.46. The van der Waals surface area contributed by atoms with E-state index in [4.69, 9.17) is 25.8 Å². The Labute approximate surface area is 318 Å². The first-order valence-corrected chi connectivity index (χ1v) is 20.5. The van der Waals surface area contributed by atoms with Gasteiger partial charge in [0.15, 0.2) is 0 Å². The third kappa shape index (κ3) is 10.6. The number of carbonyl (C=O) groups excluding carboxylic acids is 2. The number of nitrogens with zero attached hydrogens (tertiary/aromatic N) is 5. The van der Waals surface area contributed by atoms with Gasteiger partial charge in [0.2, 0.25) is 5.88 Å². The van der Waals surface area contributed by atoms with Gasteiger partial charge in [0.1, 0.15) is 16.9 Å². The molecular weight excluding hydrogens is 714 g/mol. The summed E-state index contributed by atoms with van der Waals surface area (Å²) < 4.78 is 38.3. The molecule has 0 saturated heterocycles. The number of allylic oxidation sites excluding steroid dienone is 1. The average molecular weight is 766 g/mol. The zero-order chi connectivity index (χ0) is 38.1. The van der Waals surface area contributed by atoms with E-state index < -0.39 is 21.5 Å². The highest BCUT2D eigenvalue weighted by Crippen LogP contribution is 2.35. The predicted molar refractivity (Wildman–Crippen MR) is 211 cm³/mol. The van der Waals surface area contributed by atoms with E-state index >= 15 is 0 Å². The van der Waals surface area contributed by atoms with Gasteiger partial charge in [-0.3, -0.25) is 14.3 Å². The van der Waals surface area contributed by atoms with Crippen molar-refractivity contribution < 1.29 is 28.0 Å². The maximum absolute atomic E-state index is 14.6. The summed E-state index contributed by atoms with van der Waals surface area (Å²) in [6.07, 6.45) is 9.62. The maximum atomic E-state index is 14.6. The van der Waals surface area contributed by atoms with Crippen molar-refractivity contribution in [1.29, 1.82) is 0 Å². The van der Waals surface area contributed by atoms with Crippen LogP contribution in [0.3, 0.4) is 0 Å². The van der Waals surface area contributed by atoms with Crippen LogP contribution < -0.4 is 14.4 Å². The number of rotatable bonds is 6. The third-order valence-electron chi connectivity index (χ3n) is 9.79. The second kappa shape index (κ2) is 18.4. The molecule has 0 N–H and O–H groups in total. The van der Waals surface area contributed by atoms with Gasteiger partial charge < -0.3 is 19.1 Å². The number of aryl methyl sites for hydroxylation is 2. The molecule has 13 heteroatoms. The third-order valence-corrected chi connectivity index (χ3v) is 12.0. The largest absolute Gasteiger partial charge is 0.491 e. The first-order chi connectivity index (χ1) is 25.4. The molecule has 5 atom stereocenters. The predicted octanol–water partition coefficient (Wildman–Crippen LogP) is 7.94. The van der Waals surface area contributed by atoms with Crippen LogP contribution in [0.2, 0.25) is 5.02 Å². The molecule has 1 aromatic heterocycles. The van der Waals surface area contributed by atoms with Crippen LogP contribution in [0.5, 0.6) is 11.6 Å². The number of anilines is 1. The van der Waals surface area contributed by atoms with Crippen LogP contribution in [-0.4, -0.2) is 70.1 Å². The van der Waals surface area contributed by atoms with Crippen molar-refractivity contribution >= 4 is 44.4 Å². The standard InChI is InChI=1S/C40H52ClN5O6S/c1-7-18-51-36-13-10-11-27(2)25-53(49,26-42-39(48)34-24-45(5)43-40(34)50-6)44-38(47)31-15-17-37-35(21-31)46(22-28(3)29(36)4)23-32-14-16-33(41)20-30(32)12-8-9-19-52-37/h10,13-17,20-21,24,26-29,36H,7-9,11-12,18-19,22-23,25H2,1-6H3/b13-10+,42-26-/t27-,28-,29+,36-,53?/m0/s1. The highest BCUT2D eigenvalue weighted by atomic mass is 35.5. The molecular formula is C40H52ClN5O6S. The van der Waals surface area contributed by atoms with Gasteiger partial charge in [-0.05, 0) is 91.3 Å². The van der Waals surface area contributed by atoms with Crippen molar-refractivity contribution in [2.24, 2.45) is 34.2 Å². The molecule has 2 bridgehead atoms. The summed E-state index contributed by atoms with van der Waals surface area (Å²) in [6.45, 7) is 10.8. The number of methoxy groups -OCH3 is 1. The summed E-state index contributed by atoms with van der Waals surface area (Å²) in [5.41, 5.74) is 4.49. The molecule has 3 heterocycles. The van der Waals surface area contributed by atoms with Crippen LogP contribution >= 0.6 is 11.6 Å². The summed E-state index contributed by atoms with van der Waals surface area (Å²) in [7, 11) is -0.404. The van der Waals surface area contributed by atoms with Crippen LogP contribution in [-0.2, 0) is 34.5 Å². The number of amides is 2. The lowest BCUT2D eigenvalue weighted by atomic mass is 9.89. The maximum Gasteiger partial charge on any atom is 0.285 e. The molecule has 2 aromatic carbocycles. The van der Waals surface area contributed by atoms with Crippen molar-refractivity contribution in [3.05, 3.63) is 82.0 Å².